The van der Waals surface area contributed by atoms with Gasteiger partial charge >= 0.3 is 0 Å². The van der Waals surface area contributed by atoms with Gasteiger partial charge in [0.2, 0.25) is 5.91 Å². The van der Waals surface area contributed by atoms with Crippen molar-refractivity contribution in [3.63, 3.8) is 0 Å². The number of ether oxygens (including phenoxy) is 2. The van der Waals surface area contributed by atoms with E-state index in [2.05, 4.69) is 11.4 Å². The van der Waals surface area contributed by atoms with Crippen molar-refractivity contribution < 1.29 is 23.9 Å². The molecule has 0 bridgehead atoms. The van der Waals surface area contributed by atoms with Crippen LogP contribution in [0, 0.1) is 20.8 Å². The zero-order valence-electron chi connectivity index (χ0n) is 21.9. The van der Waals surface area contributed by atoms with E-state index in [1.807, 2.05) is 58.0 Å². The van der Waals surface area contributed by atoms with E-state index in [9.17, 15) is 14.4 Å². The minimum atomic E-state index is -0.507. The normalized spacial score (nSPS) is 14.2. The van der Waals surface area contributed by atoms with Crippen LogP contribution in [0.4, 0.5) is 10.5 Å². The highest BCUT2D eigenvalue weighted by atomic mass is 32.2. The number of hydrogen-bond acceptors (Lipinski definition) is 6. The molecule has 1 aliphatic rings. The highest BCUT2D eigenvalue weighted by Crippen LogP contribution is 2.35. The first-order valence-electron chi connectivity index (χ1n) is 12.3. The maximum Gasteiger partial charge on any atom is 0.294 e. The smallest absolute Gasteiger partial charge is 0.294 e. The first kappa shape index (κ1) is 27.0. The lowest BCUT2D eigenvalue weighted by atomic mass is 10.1. The SMILES string of the molecule is CCOc1cc(/C=C2\SC(=O)N(CC(=O)Nc3ccc(C)c(C)c3)C2=O)ccc1OCc1cccc(C)c1. The third-order valence-corrected chi connectivity index (χ3v) is 6.92. The van der Waals surface area contributed by atoms with E-state index in [1.165, 1.54) is 0 Å². The van der Waals surface area contributed by atoms with Crippen molar-refractivity contribution in [3.05, 3.63) is 93.4 Å². The predicted molar refractivity (Wildman–Crippen MR) is 150 cm³/mol. The number of carbonyl (C=O) groups excluding carboxylic acids is 3. The number of amides is 3. The largest absolute Gasteiger partial charge is 0.490 e. The summed E-state index contributed by atoms with van der Waals surface area (Å²) < 4.78 is 11.8. The molecule has 1 saturated heterocycles. The molecule has 3 aromatic rings. The highest BCUT2D eigenvalue weighted by Gasteiger charge is 2.36. The molecule has 8 heteroatoms. The fourth-order valence-corrected chi connectivity index (χ4v) is 4.75. The fraction of sp³-hybridized carbons (Fsp3) is 0.233. The van der Waals surface area contributed by atoms with Crippen LogP contribution in [-0.4, -0.2) is 35.1 Å². The van der Waals surface area contributed by atoms with Crippen LogP contribution in [0.5, 0.6) is 11.5 Å². The Hall–Kier alpha value is -4.04. The molecule has 3 amide bonds. The Morgan fingerprint density at radius 1 is 0.947 bits per heavy atom. The number of nitrogens with zero attached hydrogens (tertiary/aromatic N) is 1. The average Bonchev–Trinajstić information content (AvgIpc) is 3.13. The van der Waals surface area contributed by atoms with Gasteiger partial charge < -0.3 is 14.8 Å². The van der Waals surface area contributed by atoms with Gasteiger partial charge in [0, 0.05) is 5.69 Å². The van der Waals surface area contributed by atoms with Gasteiger partial charge in [0.25, 0.3) is 11.1 Å². The van der Waals surface area contributed by atoms with E-state index in [1.54, 1.807) is 30.3 Å². The maximum atomic E-state index is 13.0. The Bertz CT molecular complexity index is 1420. The van der Waals surface area contributed by atoms with Crippen molar-refractivity contribution in [2.45, 2.75) is 34.3 Å². The number of thioether (sulfide) groups is 1. The molecule has 0 aliphatic carbocycles. The number of nitrogens with one attached hydrogen (secondary N) is 1. The van der Waals surface area contributed by atoms with E-state index in [-0.39, 0.29) is 11.4 Å². The summed E-state index contributed by atoms with van der Waals surface area (Å²) in [6.45, 7) is 8.32. The Labute approximate surface area is 226 Å². The molecule has 1 aliphatic heterocycles. The average molecular weight is 531 g/mol. The van der Waals surface area contributed by atoms with E-state index < -0.39 is 17.1 Å². The van der Waals surface area contributed by atoms with Crippen LogP contribution in [0.3, 0.4) is 0 Å². The van der Waals surface area contributed by atoms with Gasteiger partial charge in [0.05, 0.1) is 11.5 Å². The van der Waals surface area contributed by atoms with Gasteiger partial charge in [-0.05, 0) is 92.1 Å². The maximum absolute atomic E-state index is 13.0. The molecule has 4 rings (SSSR count). The van der Waals surface area contributed by atoms with Crippen LogP contribution in [-0.2, 0) is 16.2 Å². The molecule has 1 N–H and O–H groups in total. The summed E-state index contributed by atoms with van der Waals surface area (Å²) >= 11 is 0.808. The topological polar surface area (TPSA) is 84.9 Å². The molecule has 1 heterocycles. The van der Waals surface area contributed by atoms with Gasteiger partial charge in [-0.15, -0.1) is 0 Å². The number of rotatable bonds is 9. The second-order valence-corrected chi connectivity index (χ2v) is 10.0. The third-order valence-electron chi connectivity index (χ3n) is 6.01. The summed E-state index contributed by atoms with van der Waals surface area (Å²) in [4.78, 5) is 39.2. The molecule has 196 valence electrons. The van der Waals surface area contributed by atoms with Crippen LogP contribution in [0.15, 0.2) is 65.6 Å². The monoisotopic (exact) mass is 530 g/mol. The molecular formula is C30H30N2O5S. The number of imide groups is 1. The Morgan fingerprint density at radius 3 is 2.50 bits per heavy atom. The van der Waals surface area contributed by atoms with Gasteiger partial charge in [-0.1, -0.05) is 42.0 Å². The van der Waals surface area contributed by atoms with E-state index in [0.29, 0.717) is 36.0 Å². The molecule has 0 unspecified atom stereocenters. The van der Waals surface area contributed by atoms with E-state index in [4.69, 9.17) is 9.47 Å². The minimum absolute atomic E-state index is 0.241. The molecule has 0 spiro atoms. The first-order valence-corrected chi connectivity index (χ1v) is 13.1. The molecular weight excluding hydrogens is 500 g/mol. The lowest BCUT2D eigenvalue weighted by Gasteiger charge is -2.13. The summed E-state index contributed by atoms with van der Waals surface area (Å²) in [7, 11) is 0. The number of aryl methyl sites for hydroxylation is 3. The first-order chi connectivity index (χ1) is 18.2. The lowest BCUT2D eigenvalue weighted by molar-refractivity contribution is -0.127. The molecule has 0 aromatic heterocycles. The van der Waals surface area contributed by atoms with Crippen molar-refractivity contribution in [3.8, 4) is 11.5 Å². The van der Waals surface area contributed by atoms with Crippen molar-refractivity contribution >= 4 is 40.6 Å². The summed E-state index contributed by atoms with van der Waals surface area (Å²) in [5.74, 6) is 0.182. The van der Waals surface area contributed by atoms with Gasteiger partial charge in [-0.25, -0.2) is 0 Å². The zero-order chi connectivity index (χ0) is 27.2. The fourth-order valence-electron chi connectivity index (χ4n) is 3.92. The van der Waals surface area contributed by atoms with Gasteiger partial charge in [-0.2, -0.15) is 0 Å². The van der Waals surface area contributed by atoms with Crippen LogP contribution >= 0.6 is 11.8 Å². The molecule has 7 nitrogen and oxygen atoms in total. The summed E-state index contributed by atoms with van der Waals surface area (Å²) in [6, 6.07) is 19.0. The van der Waals surface area contributed by atoms with Crippen LogP contribution in [0.1, 0.15) is 34.7 Å². The molecule has 0 atom stereocenters. The molecule has 0 saturated carbocycles. The number of benzene rings is 3. The van der Waals surface area contributed by atoms with Crippen LogP contribution < -0.4 is 14.8 Å². The Balaban J connectivity index is 1.44. The quantitative estimate of drug-likeness (QED) is 0.329. The van der Waals surface area contributed by atoms with Crippen molar-refractivity contribution in [1.29, 1.82) is 0 Å². The summed E-state index contributed by atoms with van der Waals surface area (Å²) in [5.41, 5.74) is 5.65. The standard InChI is InChI=1S/C30H30N2O5S/c1-5-36-26-15-22(10-12-25(26)37-18-23-8-6-7-19(2)13-23)16-27-29(34)32(30(35)38-27)17-28(33)31-24-11-9-20(3)21(4)14-24/h6-16H,5,17-18H2,1-4H3,(H,31,33)/b27-16-. The van der Waals surface area contributed by atoms with Crippen molar-refractivity contribution in [2.75, 3.05) is 18.5 Å². The van der Waals surface area contributed by atoms with Crippen molar-refractivity contribution in [1.82, 2.24) is 4.90 Å². The third kappa shape index (κ3) is 6.63. The molecule has 3 aromatic carbocycles. The van der Waals surface area contributed by atoms with Crippen LogP contribution in [0.25, 0.3) is 6.08 Å². The number of anilines is 1. The molecule has 1 fully saturated rings. The predicted octanol–water partition coefficient (Wildman–Crippen LogP) is 6.26. The van der Waals surface area contributed by atoms with E-state index >= 15 is 0 Å². The zero-order valence-corrected chi connectivity index (χ0v) is 22.7. The van der Waals surface area contributed by atoms with Crippen LogP contribution in [0.2, 0.25) is 0 Å². The second-order valence-electron chi connectivity index (χ2n) is 9.03. The Kier molecular flexibility index (Phi) is 8.53. The lowest BCUT2D eigenvalue weighted by Crippen LogP contribution is -2.36. The summed E-state index contributed by atoms with van der Waals surface area (Å²) in [5, 5.41) is 2.27. The van der Waals surface area contributed by atoms with Crippen molar-refractivity contribution in [2.24, 2.45) is 0 Å². The van der Waals surface area contributed by atoms with Gasteiger partial charge in [0.15, 0.2) is 11.5 Å². The molecule has 38 heavy (non-hydrogen) atoms. The van der Waals surface area contributed by atoms with Gasteiger partial charge in [-0.3, -0.25) is 19.3 Å². The number of carbonyl (C=O) groups is 3. The Morgan fingerprint density at radius 2 is 1.76 bits per heavy atom. The minimum Gasteiger partial charge on any atom is -0.490 e. The van der Waals surface area contributed by atoms with E-state index in [0.717, 1.165) is 38.9 Å². The molecule has 0 radical (unpaired) electrons. The number of hydrogen-bond donors (Lipinski definition) is 1. The highest BCUT2D eigenvalue weighted by molar-refractivity contribution is 8.18. The second kappa shape index (κ2) is 12.0. The summed E-state index contributed by atoms with van der Waals surface area (Å²) in [6.07, 6.45) is 1.62. The van der Waals surface area contributed by atoms with Gasteiger partial charge in [0.1, 0.15) is 13.2 Å².